The van der Waals surface area contributed by atoms with Crippen LogP contribution in [-0.4, -0.2) is 30.0 Å². The molecule has 2 heterocycles. The Morgan fingerprint density at radius 1 is 1.48 bits per heavy atom. The molecule has 2 unspecified atom stereocenters. The standard InChI is InChI=1S/C14H18N4O3/c1-8-2-3-17(7-10(8)15)12-6-11-9(5-14(19)16-11)4-13(12)18(20)21/h4,6,8,10H,2-3,5,7,15H2,1H3,(H,16,19). The number of nitro benzene ring substituents is 1. The van der Waals surface area contributed by atoms with E-state index >= 15 is 0 Å². The van der Waals surface area contributed by atoms with Gasteiger partial charge in [-0.25, -0.2) is 0 Å². The molecule has 112 valence electrons. The van der Waals surface area contributed by atoms with Gasteiger partial charge in [-0.2, -0.15) is 0 Å². The molecule has 21 heavy (non-hydrogen) atoms. The number of nitrogens with two attached hydrogens (primary N) is 1. The van der Waals surface area contributed by atoms with E-state index in [1.54, 1.807) is 6.07 Å². The first-order valence-corrected chi connectivity index (χ1v) is 7.07. The second-order valence-electron chi connectivity index (χ2n) is 5.86. The third-order valence-corrected chi connectivity index (χ3v) is 4.38. The van der Waals surface area contributed by atoms with Crippen molar-refractivity contribution in [3.05, 3.63) is 27.8 Å². The zero-order valence-electron chi connectivity index (χ0n) is 11.8. The zero-order valence-corrected chi connectivity index (χ0v) is 11.8. The predicted octanol–water partition coefficient (Wildman–Crippen LogP) is 1.26. The molecular formula is C14H18N4O3. The first kappa shape index (κ1) is 13.8. The average Bonchev–Trinajstić information content (AvgIpc) is 2.79. The van der Waals surface area contributed by atoms with Gasteiger partial charge in [-0.1, -0.05) is 6.92 Å². The largest absolute Gasteiger partial charge is 0.364 e. The van der Waals surface area contributed by atoms with Crippen molar-refractivity contribution >= 4 is 23.0 Å². The van der Waals surface area contributed by atoms with Crippen LogP contribution in [0.5, 0.6) is 0 Å². The summed E-state index contributed by atoms with van der Waals surface area (Å²) in [5, 5.41) is 14.1. The summed E-state index contributed by atoms with van der Waals surface area (Å²) in [5.74, 6) is 0.287. The Labute approximate surface area is 122 Å². The van der Waals surface area contributed by atoms with Crippen LogP contribution in [0.1, 0.15) is 18.9 Å². The summed E-state index contributed by atoms with van der Waals surface area (Å²) in [7, 11) is 0. The molecule has 2 atom stereocenters. The molecule has 0 radical (unpaired) electrons. The number of anilines is 2. The van der Waals surface area contributed by atoms with Gasteiger partial charge in [0, 0.05) is 30.9 Å². The number of nitrogens with zero attached hydrogens (tertiary/aromatic N) is 2. The van der Waals surface area contributed by atoms with Gasteiger partial charge in [0.2, 0.25) is 5.91 Å². The lowest BCUT2D eigenvalue weighted by atomic mass is 9.93. The van der Waals surface area contributed by atoms with Gasteiger partial charge < -0.3 is 16.0 Å². The summed E-state index contributed by atoms with van der Waals surface area (Å²) in [5.41, 5.74) is 8.04. The zero-order chi connectivity index (χ0) is 15.1. The smallest absolute Gasteiger partial charge is 0.292 e. The van der Waals surface area contributed by atoms with Crippen molar-refractivity contribution in [1.29, 1.82) is 0 Å². The number of nitro groups is 1. The summed E-state index contributed by atoms with van der Waals surface area (Å²) in [6.07, 6.45) is 1.11. The number of amides is 1. The van der Waals surface area contributed by atoms with Crippen molar-refractivity contribution < 1.29 is 9.72 Å². The maximum absolute atomic E-state index is 11.4. The third kappa shape index (κ3) is 2.44. The van der Waals surface area contributed by atoms with Gasteiger partial charge in [-0.15, -0.1) is 0 Å². The first-order valence-electron chi connectivity index (χ1n) is 7.07. The van der Waals surface area contributed by atoms with Gasteiger partial charge in [-0.05, 0) is 24.0 Å². The van der Waals surface area contributed by atoms with Crippen molar-refractivity contribution in [2.24, 2.45) is 11.7 Å². The minimum absolute atomic E-state index is 0.00111. The molecule has 0 aromatic heterocycles. The van der Waals surface area contributed by atoms with Crippen LogP contribution in [0.2, 0.25) is 0 Å². The minimum atomic E-state index is -0.387. The topological polar surface area (TPSA) is 101 Å². The van der Waals surface area contributed by atoms with E-state index in [4.69, 9.17) is 5.73 Å². The van der Waals surface area contributed by atoms with Crippen LogP contribution in [0, 0.1) is 16.0 Å². The molecule has 1 aromatic carbocycles. The van der Waals surface area contributed by atoms with Gasteiger partial charge in [0.25, 0.3) is 5.69 Å². The quantitative estimate of drug-likeness (QED) is 0.630. The molecule has 7 heteroatoms. The maximum Gasteiger partial charge on any atom is 0.292 e. The third-order valence-electron chi connectivity index (χ3n) is 4.38. The van der Waals surface area contributed by atoms with E-state index in [0.29, 0.717) is 29.4 Å². The lowest BCUT2D eigenvalue weighted by Crippen LogP contribution is -2.47. The van der Waals surface area contributed by atoms with E-state index in [1.807, 2.05) is 4.90 Å². The number of piperidine rings is 1. The van der Waals surface area contributed by atoms with Crippen LogP contribution >= 0.6 is 0 Å². The normalized spacial score (nSPS) is 24.7. The van der Waals surface area contributed by atoms with Crippen molar-refractivity contribution in [3.8, 4) is 0 Å². The molecule has 0 saturated carbocycles. The molecule has 7 nitrogen and oxygen atoms in total. The van der Waals surface area contributed by atoms with Crippen LogP contribution in [0.4, 0.5) is 17.1 Å². The lowest BCUT2D eigenvalue weighted by Gasteiger charge is -2.36. The summed E-state index contributed by atoms with van der Waals surface area (Å²) in [4.78, 5) is 24.3. The Hall–Kier alpha value is -2.15. The Bertz CT molecular complexity index is 616. The number of hydrogen-bond donors (Lipinski definition) is 2. The van der Waals surface area contributed by atoms with E-state index in [1.165, 1.54) is 6.07 Å². The van der Waals surface area contributed by atoms with Gasteiger partial charge in [0.05, 0.1) is 11.3 Å². The number of carbonyl (C=O) groups excluding carboxylic acids is 1. The van der Waals surface area contributed by atoms with Crippen molar-refractivity contribution in [2.75, 3.05) is 23.3 Å². The molecule has 2 aliphatic rings. The summed E-state index contributed by atoms with van der Waals surface area (Å²) >= 11 is 0. The molecule has 0 spiro atoms. The van der Waals surface area contributed by atoms with Gasteiger partial charge in [0.15, 0.2) is 0 Å². The van der Waals surface area contributed by atoms with Gasteiger partial charge in [0.1, 0.15) is 5.69 Å². The monoisotopic (exact) mass is 290 g/mol. The first-order chi connectivity index (χ1) is 9.95. The molecule has 0 aliphatic carbocycles. The SMILES string of the molecule is CC1CCN(c2cc3c(cc2[N+](=O)[O-])CC(=O)N3)CC1N. The predicted molar refractivity (Wildman–Crippen MR) is 79.4 cm³/mol. The fourth-order valence-corrected chi connectivity index (χ4v) is 2.97. The van der Waals surface area contributed by atoms with Gasteiger partial charge >= 0.3 is 0 Å². The molecule has 1 amide bonds. The average molecular weight is 290 g/mol. The summed E-state index contributed by atoms with van der Waals surface area (Å²) < 4.78 is 0. The van der Waals surface area contributed by atoms with E-state index in [9.17, 15) is 14.9 Å². The fraction of sp³-hybridized carbons (Fsp3) is 0.500. The lowest BCUT2D eigenvalue weighted by molar-refractivity contribution is -0.384. The number of nitrogens with one attached hydrogen (secondary N) is 1. The van der Waals surface area contributed by atoms with Crippen LogP contribution in [0.15, 0.2) is 12.1 Å². The van der Waals surface area contributed by atoms with E-state index in [0.717, 1.165) is 13.0 Å². The maximum atomic E-state index is 11.4. The second-order valence-corrected chi connectivity index (χ2v) is 5.86. The van der Waals surface area contributed by atoms with E-state index < -0.39 is 0 Å². The number of hydrogen-bond acceptors (Lipinski definition) is 5. The molecule has 0 bridgehead atoms. The van der Waals surface area contributed by atoms with Crippen LogP contribution < -0.4 is 16.0 Å². The fourth-order valence-electron chi connectivity index (χ4n) is 2.97. The number of benzene rings is 1. The molecule has 2 aliphatic heterocycles. The summed E-state index contributed by atoms with van der Waals surface area (Å²) in [6, 6.07) is 3.22. The van der Waals surface area contributed by atoms with Crippen molar-refractivity contribution in [1.82, 2.24) is 0 Å². The minimum Gasteiger partial charge on any atom is -0.364 e. The van der Waals surface area contributed by atoms with Crippen LogP contribution in [0.25, 0.3) is 0 Å². The highest BCUT2D eigenvalue weighted by Crippen LogP contribution is 2.38. The molecule has 3 rings (SSSR count). The molecule has 1 fully saturated rings. The highest BCUT2D eigenvalue weighted by Gasteiger charge is 2.30. The molecule has 3 N–H and O–H groups in total. The Morgan fingerprint density at radius 3 is 2.90 bits per heavy atom. The Kier molecular flexibility index (Phi) is 3.29. The number of fused-ring (bicyclic) bond motifs is 1. The van der Waals surface area contributed by atoms with Crippen molar-refractivity contribution in [2.45, 2.75) is 25.8 Å². The number of rotatable bonds is 2. The van der Waals surface area contributed by atoms with Gasteiger partial charge in [-0.3, -0.25) is 14.9 Å². The Morgan fingerprint density at radius 2 is 2.24 bits per heavy atom. The van der Waals surface area contributed by atoms with Crippen LogP contribution in [-0.2, 0) is 11.2 Å². The van der Waals surface area contributed by atoms with E-state index in [2.05, 4.69) is 12.2 Å². The number of carbonyl (C=O) groups is 1. The molecular weight excluding hydrogens is 272 g/mol. The molecule has 1 saturated heterocycles. The highest BCUT2D eigenvalue weighted by molar-refractivity contribution is 6.00. The van der Waals surface area contributed by atoms with Crippen molar-refractivity contribution in [3.63, 3.8) is 0 Å². The Balaban J connectivity index is 1.99. The molecule has 1 aromatic rings. The van der Waals surface area contributed by atoms with E-state index in [-0.39, 0.29) is 29.0 Å². The summed E-state index contributed by atoms with van der Waals surface area (Å²) in [6.45, 7) is 3.43. The van der Waals surface area contributed by atoms with Crippen LogP contribution in [0.3, 0.4) is 0 Å². The second kappa shape index (κ2) is 5.00. The highest BCUT2D eigenvalue weighted by atomic mass is 16.6.